The molecule has 1 saturated carbocycles. The summed E-state index contributed by atoms with van der Waals surface area (Å²) >= 11 is 0. The van der Waals surface area contributed by atoms with E-state index in [-0.39, 0.29) is 0 Å². The van der Waals surface area contributed by atoms with Gasteiger partial charge in [0.2, 0.25) is 0 Å². The highest BCUT2D eigenvalue weighted by atomic mass is 28.3. The van der Waals surface area contributed by atoms with Crippen molar-refractivity contribution in [3.8, 4) is 0 Å². The minimum Gasteiger partial charge on any atom is -0.0986 e. The quantitative estimate of drug-likeness (QED) is 0.659. The van der Waals surface area contributed by atoms with Gasteiger partial charge in [0.25, 0.3) is 0 Å². The molecule has 1 aliphatic rings. The van der Waals surface area contributed by atoms with Crippen LogP contribution in [0.2, 0.25) is 19.6 Å². The van der Waals surface area contributed by atoms with Crippen LogP contribution in [0.3, 0.4) is 0 Å². The van der Waals surface area contributed by atoms with Gasteiger partial charge in [-0.3, -0.25) is 0 Å². The number of hydrogen-bond donors (Lipinski definition) is 0. The fourth-order valence-corrected chi connectivity index (χ4v) is 3.07. The van der Waals surface area contributed by atoms with E-state index in [9.17, 15) is 0 Å². The highest BCUT2D eigenvalue weighted by molar-refractivity contribution is 6.80. The Hall–Kier alpha value is -0.823. The molecule has 1 aromatic carbocycles. The predicted molar refractivity (Wildman–Crippen MR) is 78.8 cm³/mol. The van der Waals surface area contributed by atoms with Crippen molar-refractivity contribution in [3.63, 3.8) is 0 Å². The molecule has 0 aromatic heterocycles. The molecule has 1 aliphatic carbocycles. The zero-order valence-electron chi connectivity index (χ0n) is 11.3. The summed E-state index contributed by atoms with van der Waals surface area (Å²) in [5.74, 6) is 1.85. The van der Waals surface area contributed by atoms with Crippen LogP contribution in [0.5, 0.6) is 0 Å². The van der Waals surface area contributed by atoms with Crippen LogP contribution in [0.1, 0.15) is 18.4 Å². The minimum absolute atomic E-state index is 0.894. The molecule has 2 unspecified atom stereocenters. The van der Waals surface area contributed by atoms with E-state index in [4.69, 9.17) is 0 Å². The van der Waals surface area contributed by atoms with Gasteiger partial charge in [-0.1, -0.05) is 61.7 Å². The molecular formula is C16H24Si. The lowest BCUT2D eigenvalue weighted by atomic mass is 10.1. The average molecular weight is 244 g/mol. The molecule has 0 nitrogen and oxygen atoms in total. The Labute approximate surface area is 107 Å². The highest BCUT2D eigenvalue weighted by Crippen LogP contribution is 2.43. The van der Waals surface area contributed by atoms with Gasteiger partial charge >= 0.3 is 0 Å². The zero-order valence-corrected chi connectivity index (χ0v) is 12.3. The molecule has 2 rings (SSSR count). The second-order valence-electron chi connectivity index (χ2n) is 6.41. The second-order valence-corrected chi connectivity index (χ2v) is 11.5. The Morgan fingerprint density at radius 3 is 2.53 bits per heavy atom. The fourth-order valence-electron chi connectivity index (χ4n) is 2.25. The fraction of sp³-hybridized carbons (Fsp3) is 0.500. The third kappa shape index (κ3) is 4.51. The summed E-state index contributed by atoms with van der Waals surface area (Å²) in [5.41, 5.74) is 4.01. The van der Waals surface area contributed by atoms with E-state index >= 15 is 0 Å². The molecule has 0 amide bonds. The van der Waals surface area contributed by atoms with E-state index in [1.165, 1.54) is 24.8 Å². The van der Waals surface area contributed by atoms with Crippen molar-refractivity contribution in [2.45, 2.75) is 38.9 Å². The average Bonchev–Trinajstić information content (AvgIpc) is 3.03. The number of aryl methyl sites for hydroxylation is 1. The molecule has 92 valence electrons. The molecule has 0 N–H and O–H groups in total. The van der Waals surface area contributed by atoms with Crippen molar-refractivity contribution in [1.82, 2.24) is 0 Å². The van der Waals surface area contributed by atoms with Crippen LogP contribution >= 0.6 is 0 Å². The Kier molecular flexibility index (Phi) is 3.88. The second kappa shape index (κ2) is 5.22. The van der Waals surface area contributed by atoms with Gasteiger partial charge in [0.1, 0.15) is 0 Å². The summed E-state index contributed by atoms with van der Waals surface area (Å²) in [6, 6.07) is 10.9. The van der Waals surface area contributed by atoms with E-state index in [2.05, 4.69) is 61.7 Å². The Morgan fingerprint density at radius 1 is 1.18 bits per heavy atom. The van der Waals surface area contributed by atoms with Gasteiger partial charge < -0.3 is 0 Å². The van der Waals surface area contributed by atoms with Crippen LogP contribution in [0, 0.1) is 11.8 Å². The summed E-state index contributed by atoms with van der Waals surface area (Å²) in [6.07, 6.45) is 6.54. The molecule has 2 atom stereocenters. The van der Waals surface area contributed by atoms with E-state index in [1.807, 2.05) is 0 Å². The third-order valence-electron chi connectivity index (χ3n) is 3.47. The standard InChI is InChI=1S/C16H24Si/c1-17(2,3)12-11-16-13-15(16)10-9-14-7-5-4-6-8-14/h4-8,11-12,15-16H,9-10,13H2,1-3H3/b12-11+. The van der Waals surface area contributed by atoms with Crippen molar-refractivity contribution in [2.24, 2.45) is 11.8 Å². The number of hydrogen-bond acceptors (Lipinski definition) is 0. The first kappa shape index (κ1) is 12.6. The van der Waals surface area contributed by atoms with Crippen LogP contribution < -0.4 is 0 Å². The Balaban J connectivity index is 1.72. The molecule has 0 saturated heterocycles. The van der Waals surface area contributed by atoms with E-state index < -0.39 is 8.07 Å². The summed E-state index contributed by atoms with van der Waals surface area (Å²) in [7, 11) is -0.977. The van der Waals surface area contributed by atoms with Gasteiger partial charge in [-0.15, -0.1) is 0 Å². The molecule has 1 aromatic rings. The van der Waals surface area contributed by atoms with E-state index in [0.29, 0.717) is 0 Å². The van der Waals surface area contributed by atoms with Crippen molar-refractivity contribution < 1.29 is 0 Å². The van der Waals surface area contributed by atoms with Crippen molar-refractivity contribution in [1.29, 1.82) is 0 Å². The molecule has 0 aliphatic heterocycles. The molecule has 17 heavy (non-hydrogen) atoms. The van der Waals surface area contributed by atoms with Crippen LogP contribution in [0.4, 0.5) is 0 Å². The maximum absolute atomic E-state index is 2.51. The smallest absolute Gasteiger partial charge is 0.0682 e. The first-order valence-electron chi connectivity index (χ1n) is 6.78. The Bertz CT molecular complexity index is 372. The lowest BCUT2D eigenvalue weighted by molar-refractivity contribution is 0.695. The molecule has 0 bridgehead atoms. The zero-order chi connectivity index (χ0) is 12.3. The van der Waals surface area contributed by atoms with Crippen LogP contribution in [-0.4, -0.2) is 8.07 Å². The van der Waals surface area contributed by atoms with E-state index in [1.54, 1.807) is 0 Å². The number of allylic oxidation sites excluding steroid dienone is 1. The molecular weight excluding hydrogens is 220 g/mol. The molecule has 1 fully saturated rings. The molecule has 0 spiro atoms. The lowest BCUT2D eigenvalue weighted by Gasteiger charge is -2.07. The van der Waals surface area contributed by atoms with Crippen LogP contribution in [0.25, 0.3) is 0 Å². The number of benzene rings is 1. The van der Waals surface area contributed by atoms with Gasteiger partial charge in [-0.2, -0.15) is 0 Å². The predicted octanol–water partition coefficient (Wildman–Crippen LogP) is 4.69. The van der Waals surface area contributed by atoms with Gasteiger partial charge in [0.15, 0.2) is 0 Å². The van der Waals surface area contributed by atoms with Crippen molar-refractivity contribution in [3.05, 3.63) is 47.7 Å². The van der Waals surface area contributed by atoms with E-state index in [0.717, 1.165) is 11.8 Å². The van der Waals surface area contributed by atoms with Crippen molar-refractivity contribution >= 4 is 8.07 Å². The van der Waals surface area contributed by atoms with Gasteiger partial charge in [0, 0.05) is 0 Å². The molecule has 0 heterocycles. The molecule has 0 radical (unpaired) electrons. The van der Waals surface area contributed by atoms with Gasteiger partial charge in [-0.25, -0.2) is 0 Å². The van der Waals surface area contributed by atoms with Crippen LogP contribution in [0.15, 0.2) is 42.1 Å². The number of rotatable bonds is 5. The minimum atomic E-state index is -0.977. The summed E-state index contributed by atoms with van der Waals surface area (Å²) in [6.45, 7) is 7.22. The van der Waals surface area contributed by atoms with Gasteiger partial charge in [0.05, 0.1) is 8.07 Å². The normalized spacial score (nSPS) is 24.2. The lowest BCUT2D eigenvalue weighted by Crippen LogP contribution is -2.15. The SMILES string of the molecule is C[Si](C)(C)/C=C/C1CC1CCc1ccccc1. The monoisotopic (exact) mass is 244 g/mol. The molecule has 1 heteroatoms. The first-order chi connectivity index (χ1) is 8.04. The Morgan fingerprint density at radius 2 is 1.88 bits per heavy atom. The van der Waals surface area contributed by atoms with Crippen molar-refractivity contribution in [2.75, 3.05) is 0 Å². The summed E-state index contributed by atoms with van der Waals surface area (Å²) in [4.78, 5) is 0. The largest absolute Gasteiger partial charge is 0.0986 e. The summed E-state index contributed by atoms with van der Waals surface area (Å²) in [5, 5.41) is 0. The maximum Gasteiger partial charge on any atom is 0.0682 e. The topological polar surface area (TPSA) is 0 Å². The third-order valence-corrected chi connectivity index (χ3v) is 4.66. The van der Waals surface area contributed by atoms with Crippen LogP contribution in [-0.2, 0) is 6.42 Å². The summed E-state index contributed by atoms with van der Waals surface area (Å²) < 4.78 is 0. The first-order valence-corrected chi connectivity index (χ1v) is 10.4. The highest BCUT2D eigenvalue weighted by Gasteiger charge is 2.34. The maximum atomic E-state index is 2.51. The van der Waals surface area contributed by atoms with Gasteiger partial charge in [-0.05, 0) is 36.7 Å².